The van der Waals surface area contributed by atoms with Crippen molar-refractivity contribution in [2.45, 2.75) is 19.3 Å². The molecule has 1 fully saturated rings. The summed E-state index contributed by atoms with van der Waals surface area (Å²) in [5.74, 6) is 0.123. The van der Waals surface area contributed by atoms with E-state index in [0.717, 1.165) is 38.9 Å². The number of nitrogens with two attached hydrogens (primary N) is 1. The fraction of sp³-hybridized carbons (Fsp3) is 0.778. The highest BCUT2D eigenvalue weighted by Gasteiger charge is 2.13. The predicted octanol–water partition coefficient (Wildman–Crippen LogP) is -0.125. The molecule has 80 valence electrons. The van der Waals surface area contributed by atoms with Crippen LogP contribution in [0.2, 0.25) is 0 Å². The molecule has 3 N–H and O–H groups in total. The van der Waals surface area contributed by atoms with Gasteiger partial charge >= 0.3 is 0 Å². The Morgan fingerprint density at radius 2 is 2.43 bits per heavy atom. The lowest BCUT2D eigenvalue weighted by atomic mass is 10.3. The number of nitrogens with zero attached hydrogens (tertiary/aromatic N) is 1. The molecule has 1 heterocycles. The summed E-state index contributed by atoms with van der Waals surface area (Å²) in [6.45, 7) is 3.20. The van der Waals surface area contributed by atoms with Gasteiger partial charge in [0.2, 0.25) is 5.91 Å². The third-order valence-corrected chi connectivity index (χ3v) is 2.44. The van der Waals surface area contributed by atoms with Crippen molar-refractivity contribution < 1.29 is 4.79 Å². The van der Waals surface area contributed by atoms with E-state index in [2.05, 4.69) is 10.2 Å². The molecule has 0 bridgehead atoms. The van der Waals surface area contributed by atoms with Crippen LogP contribution in [0.4, 0.5) is 0 Å². The summed E-state index contributed by atoms with van der Waals surface area (Å²) in [7, 11) is 0. The summed E-state index contributed by atoms with van der Waals surface area (Å²) in [5.41, 5.74) is 5.40. The third kappa shape index (κ3) is 4.53. The van der Waals surface area contributed by atoms with Crippen molar-refractivity contribution in [3.8, 4) is 0 Å². The Kier molecular flexibility index (Phi) is 4.82. The predicted molar refractivity (Wildman–Crippen MR) is 60.1 cm³/mol. The van der Waals surface area contributed by atoms with E-state index in [1.807, 2.05) is 0 Å². The number of amides is 1. The van der Waals surface area contributed by atoms with E-state index < -0.39 is 0 Å². The fourth-order valence-electron chi connectivity index (χ4n) is 1.54. The molecule has 1 saturated heterocycles. The van der Waals surface area contributed by atoms with Gasteiger partial charge in [-0.25, -0.2) is 0 Å². The van der Waals surface area contributed by atoms with Crippen LogP contribution in [0.25, 0.3) is 0 Å². The highest BCUT2D eigenvalue weighted by molar-refractivity contribution is 7.80. The molecule has 0 spiro atoms. The lowest BCUT2D eigenvalue weighted by Crippen LogP contribution is -2.33. The first-order valence-electron chi connectivity index (χ1n) is 4.96. The minimum absolute atomic E-state index is 0.123. The second-order valence-corrected chi connectivity index (χ2v) is 4.07. The van der Waals surface area contributed by atoms with Crippen LogP contribution in [0.3, 0.4) is 0 Å². The second kappa shape index (κ2) is 5.93. The number of carbonyl (C=O) groups excluding carboxylic acids is 1. The zero-order valence-electron chi connectivity index (χ0n) is 8.29. The molecule has 0 aliphatic carbocycles. The number of thiocarbonyl (C=S) groups is 1. The Labute approximate surface area is 89.8 Å². The van der Waals surface area contributed by atoms with Gasteiger partial charge in [-0.3, -0.25) is 9.69 Å². The Morgan fingerprint density at radius 3 is 3.14 bits per heavy atom. The van der Waals surface area contributed by atoms with Crippen LogP contribution in [0.15, 0.2) is 0 Å². The van der Waals surface area contributed by atoms with Gasteiger partial charge in [-0.1, -0.05) is 12.2 Å². The monoisotopic (exact) mass is 215 g/mol. The van der Waals surface area contributed by atoms with E-state index in [1.165, 1.54) is 0 Å². The molecule has 14 heavy (non-hydrogen) atoms. The van der Waals surface area contributed by atoms with Crippen LogP contribution in [-0.4, -0.2) is 42.0 Å². The van der Waals surface area contributed by atoms with Crippen molar-refractivity contribution in [2.75, 3.05) is 26.2 Å². The number of hydrogen-bond acceptors (Lipinski definition) is 3. The maximum Gasteiger partial charge on any atom is 0.234 e. The van der Waals surface area contributed by atoms with Crippen LogP contribution in [0.5, 0.6) is 0 Å². The maximum absolute atomic E-state index is 11.2. The van der Waals surface area contributed by atoms with E-state index >= 15 is 0 Å². The van der Waals surface area contributed by atoms with Crippen molar-refractivity contribution >= 4 is 23.1 Å². The highest BCUT2D eigenvalue weighted by atomic mass is 32.1. The molecule has 1 amide bonds. The van der Waals surface area contributed by atoms with E-state index in [0.29, 0.717) is 11.5 Å². The molecule has 0 aromatic rings. The van der Waals surface area contributed by atoms with Crippen molar-refractivity contribution in [3.63, 3.8) is 0 Å². The van der Waals surface area contributed by atoms with Crippen molar-refractivity contribution in [1.82, 2.24) is 10.2 Å². The van der Waals surface area contributed by atoms with Gasteiger partial charge in [-0.2, -0.15) is 0 Å². The Hall–Kier alpha value is -0.680. The normalized spacial score (nSPS) is 18.7. The van der Waals surface area contributed by atoms with Crippen molar-refractivity contribution in [1.29, 1.82) is 0 Å². The lowest BCUT2D eigenvalue weighted by molar-refractivity contribution is -0.121. The number of nitrogens with one attached hydrogen (secondary N) is 1. The minimum atomic E-state index is 0.123. The van der Waals surface area contributed by atoms with Gasteiger partial charge in [0.05, 0.1) is 11.5 Å². The lowest BCUT2D eigenvalue weighted by Gasteiger charge is -2.17. The molecule has 0 aromatic carbocycles. The number of hydrogen-bond donors (Lipinski definition) is 2. The van der Waals surface area contributed by atoms with Crippen LogP contribution in [-0.2, 0) is 4.79 Å². The van der Waals surface area contributed by atoms with Gasteiger partial charge in [0, 0.05) is 13.1 Å². The molecule has 0 aromatic heterocycles. The first-order valence-corrected chi connectivity index (χ1v) is 5.36. The number of rotatable bonds is 4. The minimum Gasteiger partial charge on any atom is -0.393 e. The highest BCUT2D eigenvalue weighted by Crippen LogP contribution is 1.99. The second-order valence-electron chi connectivity index (χ2n) is 3.55. The summed E-state index contributed by atoms with van der Waals surface area (Å²) in [6, 6.07) is 0. The third-order valence-electron chi connectivity index (χ3n) is 2.24. The Bertz CT molecular complexity index is 220. The summed E-state index contributed by atoms with van der Waals surface area (Å²) in [4.78, 5) is 13.9. The quantitative estimate of drug-likeness (QED) is 0.642. The fourth-order valence-corrected chi connectivity index (χ4v) is 1.68. The summed E-state index contributed by atoms with van der Waals surface area (Å²) < 4.78 is 0. The van der Waals surface area contributed by atoms with Gasteiger partial charge < -0.3 is 11.1 Å². The molecule has 5 heteroatoms. The largest absolute Gasteiger partial charge is 0.393 e. The van der Waals surface area contributed by atoms with Crippen molar-refractivity contribution in [2.24, 2.45) is 5.73 Å². The van der Waals surface area contributed by atoms with Crippen LogP contribution in [0.1, 0.15) is 19.3 Å². The van der Waals surface area contributed by atoms with E-state index in [4.69, 9.17) is 18.0 Å². The molecule has 0 atom stereocenters. The van der Waals surface area contributed by atoms with Crippen LogP contribution in [0, 0.1) is 0 Å². The van der Waals surface area contributed by atoms with Gasteiger partial charge in [-0.15, -0.1) is 0 Å². The van der Waals surface area contributed by atoms with Crippen molar-refractivity contribution in [3.05, 3.63) is 0 Å². The first kappa shape index (κ1) is 11.4. The molecule has 1 aliphatic heterocycles. The molecule has 1 rings (SSSR count). The molecule has 0 saturated carbocycles. The molecular formula is C9H17N3OS. The molecular weight excluding hydrogens is 198 g/mol. The van der Waals surface area contributed by atoms with Crippen LogP contribution < -0.4 is 11.1 Å². The average Bonchev–Trinajstić information content (AvgIpc) is 2.29. The Balaban J connectivity index is 2.21. The maximum atomic E-state index is 11.2. The number of carbonyl (C=O) groups is 1. The topological polar surface area (TPSA) is 58.4 Å². The molecule has 4 nitrogen and oxygen atoms in total. The van der Waals surface area contributed by atoms with E-state index in [-0.39, 0.29) is 5.91 Å². The van der Waals surface area contributed by atoms with Gasteiger partial charge in [0.15, 0.2) is 0 Å². The first-order chi connectivity index (χ1) is 6.68. The zero-order chi connectivity index (χ0) is 10.4. The van der Waals surface area contributed by atoms with Crippen LogP contribution >= 0.6 is 12.2 Å². The zero-order valence-corrected chi connectivity index (χ0v) is 9.11. The van der Waals surface area contributed by atoms with E-state index in [1.54, 1.807) is 0 Å². The molecule has 0 radical (unpaired) electrons. The summed E-state index contributed by atoms with van der Waals surface area (Å²) >= 11 is 4.79. The van der Waals surface area contributed by atoms with Gasteiger partial charge in [0.25, 0.3) is 0 Å². The molecule has 1 aliphatic rings. The summed E-state index contributed by atoms with van der Waals surface area (Å²) in [6.07, 6.45) is 2.74. The standard InChI is InChI=1S/C9H17N3OS/c10-8(14)3-1-5-12-6-2-4-11-9(13)7-12/h1-7H2,(H2,10,14)(H,11,13). The Morgan fingerprint density at radius 1 is 1.64 bits per heavy atom. The van der Waals surface area contributed by atoms with Gasteiger partial charge in [0.1, 0.15) is 0 Å². The SMILES string of the molecule is NC(=S)CCCN1CCCNC(=O)C1. The summed E-state index contributed by atoms with van der Waals surface area (Å²) in [5, 5.41) is 2.84. The van der Waals surface area contributed by atoms with E-state index in [9.17, 15) is 4.79 Å². The smallest absolute Gasteiger partial charge is 0.234 e. The average molecular weight is 215 g/mol. The van der Waals surface area contributed by atoms with Gasteiger partial charge in [-0.05, 0) is 25.8 Å². The molecule has 0 unspecified atom stereocenters.